The number of hydrogen-bond acceptors (Lipinski definition) is 3. The Morgan fingerprint density at radius 3 is 1.33 bits per heavy atom. The van der Waals surface area contributed by atoms with E-state index in [0.717, 1.165) is 66.0 Å². The van der Waals surface area contributed by atoms with E-state index in [1.807, 2.05) is 66.7 Å². The molecule has 0 atom stereocenters. The maximum atomic E-state index is 9.29. The molecule has 0 aliphatic carbocycles. The second-order valence-electron chi connectivity index (χ2n) is 14.2. The minimum absolute atomic E-state index is 0.118. The zero-order valence-electron chi connectivity index (χ0n) is 34.3. The molecule has 0 aliphatic rings. The normalized spacial score (nSPS) is 12.8. The van der Waals surface area contributed by atoms with Gasteiger partial charge in [0.25, 0.3) is 0 Å². The minimum atomic E-state index is -0.331. The van der Waals surface area contributed by atoms with Gasteiger partial charge in [0.15, 0.2) is 5.82 Å². The van der Waals surface area contributed by atoms with Gasteiger partial charge < -0.3 is 4.57 Å². The van der Waals surface area contributed by atoms with Crippen molar-refractivity contribution in [3.63, 3.8) is 0 Å². The summed E-state index contributed by atoms with van der Waals surface area (Å²) < 4.78 is 41.9. The average Bonchev–Trinajstić information content (AvgIpc) is 3.96. The zero-order chi connectivity index (χ0) is 40.9. The molecule has 0 unspecified atom stereocenters. The van der Waals surface area contributed by atoms with Crippen LogP contribution in [0.5, 0.6) is 0 Å². The Morgan fingerprint density at radius 1 is 0.351 bits per heavy atom. The lowest BCUT2D eigenvalue weighted by Gasteiger charge is -2.17. The maximum Gasteiger partial charge on any atom is 0.240 e. The molecular formula is C51H32N6. The van der Waals surface area contributed by atoms with Crippen molar-refractivity contribution < 1.29 is 5.48 Å². The molecular weight excluding hydrogens is 697 g/mol. The third kappa shape index (κ3) is 4.74. The molecule has 12 aromatic rings. The fourth-order valence-corrected chi connectivity index (χ4v) is 8.59. The second-order valence-corrected chi connectivity index (χ2v) is 14.2. The predicted molar refractivity (Wildman–Crippen MR) is 234 cm³/mol. The standard InChI is InChI=1S/C51H32N6/c1-2-16-33(17-3-1)34-30-31-48(55-42-24-10-4-18-35(42)36-19-5-11-25-43(36)55)41(32-34)49-52-50(56-44-26-12-6-20-37(44)38-21-7-13-27-45(38)56)54-51(53-49)57-46-28-14-8-22-39(46)40-23-9-15-29-47(40)57/h1-32H/i6D,12D,20D,26D. The maximum absolute atomic E-state index is 9.29. The fourth-order valence-electron chi connectivity index (χ4n) is 8.59. The topological polar surface area (TPSA) is 53.5 Å². The largest absolute Gasteiger partial charge is 0.309 e. The molecule has 8 aromatic carbocycles. The van der Waals surface area contributed by atoms with E-state index in [4.69, 9.17) is 19.1 Å². The summed E-state index contributed by atoms with van der Waals surface area (Å²) in [5, 5.41) is 5.41. The predicted octanol–water partition coefficient (Wildman–Crippen LogP) is 12.5. The van der Waals surface area contributed by atoms with Crippen molar-refractivity contribution in [2.24, 2.45) is 0 Å². The van der Waals surface area contributed by atoms with Gasteiger partial charge in [0, 0.05) is 37.9 Å². The Balaban J connectivity index is 1.25. The lowest BCUT2D eigenvalue weighted by atomic mass is 10.0. The number of rotatable bonds is 5. The smallest absolute Gasteiger partial charge is 0.240 e. The first-order valence-electron chi connectivity index (χ1n) is 20.9. The third-order valence-electron chi connectivity index (χ3n) is 11.1. The van der Waals surface area contributed by atoms with E-state index in [2.05, 4.69) is 112 Å². The summed E-state index contributed by atoms with van der Waals surface area (Å²) in [5.74, 6) is 0.974. The molecule has 0 spiro atoms. The lowest BCUT2D eigenvalue weighted by Crippen LogP contribution is -2.11. The number of aromatic nitrogens is 6. The SMILES string of the molecule is [2H]c1c([2H])c([2H])c2c(c1[2H])c1ccccc1n2-c1nc(-c2cc(-c3ccccc3)ccc2-n2c3ccccc3c3ccccc32)nc(-n2c3ccccc3c3ccccc32)n1. The van der Waals surface area contributed by atoms with E-state index in [1.165, 1.54) is 0 Å². The van der Waals surface area contributed by atoms with E-state index in [0.29, 0.717) is 28.1 Å². The van der Waals surface area contributed by atoms with Crippen molar-refractivity contribution in [2.45, 2.75) is 0 Å². The van der Waals surface area contributed by atoms with Crippen LogP contribution >= 0.6 is 0 Å². The summed E-state index contributed by atoms with van der Waals surface area (Å²) >= 11 is 0. The Hall–Kier alpha value is -7.83. The molecule has 0 aliphatic heterocycles. The Kier molecular flexibility index (Phi) is 6.00. The van der Waals surface area contributed by atoms with Crippen molar-refractivity contribution in [1.29, 1.82) is 0 Å². The number of fused-ring (bicyclic) bond motifs is 9. The molecule has 4 aromatic heterocycles. The van der Waals surface area contributed by atoms with Crippen LogP contribution in [0.1, 0.15) is 5.48 Å². The van der Waals surface area contributed by atoms with Gasteiger partial charge in [-0.3, -0.25) is 9.13 Å². The molecule has 6 nitrogen and oxygen atoms in total. The van der Waals surface area contributed by atoms with Crippen molar-refractivity contribution in [3.05, 3.63) is 194 Å². The summed E-state index contributed by atoms with van der Waals surface area (Å²) in [5.41, 5.74) is 8.47. The van der Waals surface area contributed by atoms with Crippen LogP contribution < -0.4 is 0 Å². The quantitative estimate of drug-likeness (QED) is 0.177. The molecule has 57 heavy (non-hydrogen) atoms. The molecule has 0 amide bonds. The number of hydrogen-bond donors (Lipinski definition) is 0. The molecule has 12 rings (SSSR count). The zero-order valence-corrected chi connectivity index (χ0v) is 30.3. The van der Waals surface area contributed by atoms with E-state index in [9.17, 15) is 1.37 Å². The molecule has 0 saturated carbocycles. The summed E-state index contributed by atoms with van der Waals surface area (Å²) in [7, 11) is 0. The molecule has 6 heteroatoms. The van der Waals surface area contributed by atoms with Crippen molar-refractivity contribution in [3.8, 4) is 40.1 Å². The van der Waals surface area contributed by atoms with Crippen LogP contribution in [0.2, 0.25) is 0 Å². The van der Waals surface area contributed by atoms with Gasteiger partial charge in [-0.1, -0.05) is 146 Å². The second kappa shape index (κ2) is 12.3. The Bertz CT molecular complexity index is 3670. The highest BCUT2D eigenvalue weighted by Gasteiger charge is 2.23. The molecule has 0 saturated heterocycles. The van der Waals surface area contributed by atoms with Gasteiger partial charge in [-0.15, -0.1) is 0 Å². The van der Waals surface area contributed by atoms with Crippen LogP contribution in [0.25, 0.3) is 106 Å². The molecule has 0 radical (unpaired) electrons. The first-order valence-corrected chi connectivity index (χ1v) is 18.9. The monoisotopic (exact) mass is 732 g/mol. The number of benzene rings is 8. The Morgan fingerprint density at radius 2 is 0.789 bits per heavy atom. The van der Waals surface area contributed by atoms with Gasteiger partial charge in [0.2, 0.25) is 11.9 Å². The van der Waals surface area contributed by atoms with Crippen molar-refractivity contribution in [1.82, 2.24) is 28.7 Å². The van der Waals surface area contributed by atoms with Crippen molar-refractivity contribution in [2.75, 3.05) is 0 Å². The van der Waals surface area contributed by atoms with E-state index in [1.54, 1.807) is 4.57 Å². The first-order chi connectivity index (χ1) is 30.0. The van der Waals surface area contributed by atoms with Gasteiger partial charge in [0.1, 0.15) is 0 Å². The van der Waals surface area contributed by atoms with Crippen LogP contribution in [0, 0.1) is 0 Å². The fraction of sp³-hybridized carbons (Fsp3) is 0. The van der Waals surface area contributed by atoms with Gasteiger partial charge in [-0.25, -0.2) is 0 Å². The summed E-state index contributed by atoms with van der Waals surface area (Å²) in [6.07, 6.45) is 0. The summed E-state index contributed by atoms with van der Waals surface area (Å²) in [4.78, 5) is 16.1. The van der Waals surface area contributed by atoms with Gasteiger partial charge >= 0.3 is 0 Å². The number of para-hydroxylation sites is 6. The number of nitrogens with zero attached hydrogens (tertiary/aromatic N) is 6. The molecule has 0 N–H and O–H groups in total. The van der Waals surface area contributed by atoms with E-state index >= 15 is 0 Å². The van der Waals surface area contributed by atoms with Crippen LogP contribution in [0.4, 0.5) is 0 Å². The summed E-state index contributed by atoms with van der Waals surface area (Å²) in [6.45, 7) is 0. The molecule has 4 heterocycles. The highest BCUT2D eigenvalue weighted by molar-refractivity contribution is 6.11. The average molecular weight is 733 g/mol. The van der Waals surface area contributed by atoms with E-state index < -0.39 is 0 Å². The van der Waals surface area contributed by atoms with Gasteiger partial charge in [-0.05, 0) is 59.6 Å². The molecule has 0 bridgehead atoms. The highest BCUT2D eigenvalue weighted by Crippen LogP contribution is 2.39. The van der Waals surface area contributed by atoms with Crippen molar-refractivity contribution >= 4 is 65.4 Å². The highest BCUT2D eigenvalue weighted by atomic mass is 15.3. The summed E-state index contributed by atoms with van der Waals surface area (Å²) in [6, 6.07) is 56.5. The lowest BCUT2D eigenvalue weighted by molar-refractivity contribution is 0.892. The molecule has 0 fully saturated rings. The van der Waals surface area contributed by atoms with Gasteiger partial charge in [0.05, 0.1) is 44.3 Å². The van der Waals surface area contributed by atoms with E-state index in [-0.39, 0.29) is 35.6 Å². The van der Waals surface area contributed by atoms with Gasteiger partial charge in [-0.2, -0.15) is 15.0 Å². The first kappa shape index (κ1) is 27.7. The minimum Gasteiger partial charge on any atom is -0.309 e. The molecule has 266 valence electrons. The van der Waals surface area contributed by atoms with Crippen LogP contribution in [0.15, 0.2) is 194 Å². The van der Waals surface area contributed by atoms with Crippen LogP contribution in [0.3, 0.4) is 0 Å². The van der Waals surface area contributed by atoms with Crippen LogP contribution in [-0.2, 0) is 0 Å². The third-order valence-corrected chi connectivity index (χ3v) is 11.1. The Labute approximate surface area is 332 Å². The van der Waals surface area contributed by atoms with Crippen LogP contribution in [-0.4, -0.2) is 28.7 Å².